The van der Waals surface area contributed by atoms with Crippen LogP contribution in [0, 0.1) is 0 Å². The van der Waals surface area contributed by atoms with Gasteiger partial charge in [-0.3, -0.25) is 0 Å². The minimum atomic E-state index is -0.495. The Morgan fingerprint density at radius 1 is 0.291 bits per heavy atom. The largest absolute Gasteiger partial charge is 0.456 e. The van der Waals surface area contributed by atoms with Gasteiger partial charge in [0.15, 0.2) is 0 Å². The molecule has 1 spiro atoms. The molecule has 0 aromatic heterocycles. The zero-order chi connectivity index (χ0) is 36.1. The van der Waals surface area contributed by atoms with E-state index in [1.54, 1.807) is 0 Å². The molecule has 9 aromatic rings. The molecule has 9 aromatic carbocycles. The highest BCUT2D eigenvalue weighted by Crippen LogP contribution is 2.63. The molecular weight excluding hydrogens is 665 g/mol. The molecule has 1 aliphatic heterocycles. The van der Waals surface area contributed by atoms with Crippen molar-refractivity contribution in [2.75, 3.05) is 0 Å². The molecule has 12 rings (SSSR count). The van der Waals surface area contributed by atoms with Crippen LogP contribution < -0.4 is 4.74 Å². The van der Waals surface area contributed by atoms with Gasteiger partial charge in [0.2, 0.25) is 0 Å². The second kappa shape index (κ2) is 11.3. The minimum absolute atomic E-state index is 0.484. The third kappa shape index (κ3) is 3.92. The molecule has 0 saturated heterocycles. The predicted octanol–water partition coefficient (Wildman–Crippen LogP) is 13.3. The Labute approximate surface area is 320 Å². The molecule has 0 amide bonds. The second-order valence-electron chi connectivity index (χ2n) is 15.1. The van der Waals surface area contributed by atoms with Gasteiger partial charge in [0.25, 0.3) is 0 Å². The fourth-order valence-electron chi connectivity index (χ4n) is 10.4. The van der Waals surface area contributed by atoms with Crippen molar-refractivity contribution in [3.63, 3.8) is 0 Å². The maximum Gasteiger partial charge on any atom is 0.140 e. The van der Waals surface area contributed by atoms with Crippen LogP contribution in [0.5, 0.6) is 11.5 Å². The molecule has 1 atom stereocenters. The van der Waals surface area contributed by atoms with E-state index in [1.165, 1.54) is 77.5 Å². The average Bonchev–Trinajstić information content (AvgIpc) is 3.71. The lowest BCUT2D eigenvalue weighted by Crippen LogP contribution is -2.32. The molecule has 0 saturated carbocycles. The number of hydrogen-bond donors (Lipinski definition) is 0. The van der Waals surface area contributed by atoms with E-state index in [-0.39, 0.29) is 0 Å². The first-order valence-electron chi connectivity index (χ1n) is 19.2. The maximum absolute atomic E-state index is 7.03. The Kier molecular flexibility index (Phi) is 6.25. The van der Waals surface area contributed by atoms with Crippen molar-refractivity contribution < 1.29 is 4.74 Å². The highest BCUT2D eigenvalue weighted by molar-refractivity contribution is 5.96. The highest BCUT2D eigenvalue weighted by atomic mass is 16.5. The molecule has 1 heteroatoms. The van der Waals surface area contributed by atoms with Gasteiger partial charge in [-0.05, 0) is 90.2 Å². The van der Waals surface area contributed by atoms with Crippen LogP contribution in [0.4, 0.5) is 0 Å². The quantitative estimate of drug-likeness (QED) is 0.178. The second-order valence-corrected chi connectivity index (χ2v) is 15.1. The number of benzene rings is 9. The first-order chi connectivity index (χ1) is 27.3. The van der Waals surface area contributed by atoms with E-state index in [1.807, 2.05) is 0 Å². The lowest BCUT2D eigenvalue weighted by atomic mass is 9.65. The maximum atomic E-state index is 7.03. The number of hydrogen-bond acceptors (Lipinski definition) is 1. The van der Waals surface area contributed by atoms with E-state index in [9.17, 15) is 0 Å². The normalized spacial score (nSPS) is 16.4. The van der Waals surface area contributed by atoms with Crippen molar-refractivity contribution >= 4 is 10.8 Å². The number of rotatable bonds is 3. The molecule has 1 heterocycles. The number of para-hydroxylation sites is 2. The lowest BCUT2D eigenvalue weighted by molar-refractivity contribution is 0.438. The summed E-state index contributed by atoms with van der Waals surface area (Å²) in [6.07, 6.45) is 0. The van der Waals surface area contributed by atoms with Gasteiger partial charge in [0.05, 0.1) is 10.8 Å². The first-order valence-corrected chi connectivity index (χ1v) is 19.2. The van der Waals surface area contributed by atoms with Crippen LogP contribution in [0.1, 0.15) is 44.5 Å². The van der Waals surface area contributed by atoms with E-state index in [0.29, 0.717) is 0 Å². The van der Waals surface area contributed by atoms with Crippen LogP contribution in [0.15, 0.2) is 206 Å². The summed E-state index contributed by atoms with van der Waals surface area (Å²) in [5.41, 5.74) is 16.5. The van der Waals surface area contributed by atoms with Gasteiger partial charge >= 0.3 is 0 Å². The molecule has 1 nitrogen and oxygen atoms in total. The van der Waals surface area contributed by atoms with Crippen LogP contribution in [0.3, 0.4) is 0 Å². The van der Waals surface area contributed by atoms with Crippen molar-refractivity contribution in [1.82, 2.24) is 0 Å². The SMILES string of the molecule is c1ccc(C2(c3ccc(-c4cccc5c4Oc4ccccc4C54c5ccccc5-c5ccccc54)cc3)c3ccccc3-c3cc4ccccc4cc32)cc1. The van der Waals surface area contributed by atoms with Crippen molar-refractivity contribution in [3.05, 3.63) is 251 Å². The van der Waals surface area contributed by atoms with Gasteiger partial charge in [0.1, 0.15) is 11.5 Å². The van der Waals surface area contributed by atoms with Crippen LogP contribution in [0.25, 0.3) is 44.2 Å². The molecule has 0 radical (unpaired) electrons. The number of fused-ring (bicyclic) bond motifs is 13. The number of ether oxygens (including phenoxy) is 1. The molecule has 0 N–H and O–H groups in total. The average molecular weight is 699 g/mol. The Bertz CT molecular complexity index is 2960. The standard InChI is InChI=1S/C54H34O/c1-2-17-38(18-3-1)53(45-23-9-8-21-43(45)44-33-36-15-4-5-16-37(36)34-50(44)53)39-31-29-35(30-32-39)40-22-14-27-49-52(40)55-51-28-13-12-26-48(51)54(49)46-24-10-6-19-41(46)42-20-7-11-25-47(42)54/h1-34H. The molecule has 0 bridgehead atoms. The van der Waals surface area contributed by atoms with Crippen molar-refractivity contribution in [2.24, 2.45) is 0 Å². The van der Waals surface area contributed by atoms with E-state index in [2.05, 4.69) is 206 Å². The topological polar surface area (TPSA) is 9.23 Å². The Morgan fingerprint density at radius 2 is 0.782 bits per heavy atom. The summed E-state index contributed by atoms with van der Waals surface area (Å²) in [4.78, 5) is 0. The summed E-state index contributed by atoms with van der Waals surface area (Å²) in [5, 5.41) is 2.51. The Hall–Kier alpha value is -6.96. The lowest BCUT2D eigenvalue weighted by Gasteiger charge is -2.40. The zero-order valence-electron chi connectivity index (χ0n) is 30.0. The molecule has 2 aliphatic carbocycles. The zero-order valence-corrected chi connectivity index (χ0v) is 30.0. The van der Waals surface area contributed by atoms with E-state index in [4.69, 9.17) is 4.74 Å². The van der Waals surface area contributed by atoms with Crippen LogP contribution in [-0.2, 0) is 10.8 Å². The van der Waals surface area contributed by atoms with Gasteiger partial charge in [-0.15, -0.1) is 0 Å². The summed E-state index contributed by atoms with van der Waals surface area (Å²) in [7, 11) is 0. The van der Waals surface area contributed by atoms with Gasteiger partial charge in [0, 0.05) is 16.7 Å². The monoisotopic (exact) mass is 698 g/mol. The third-order valence-electron chi connectivity index (χ3n) is 12.6. The predicted molar refractivity (Wildman–Crippen MR) is 224 cm³/mol. The summed E-state index contributed by atoms with van der Waals surface area (Å²) in [5.74, 6) is 1.82. The van der Waals surface area contributed by atoms with E-state index >= 15 is 0 Å². The summed E-state index contributed by atoms with van der Waals surface area (Å²) in [6, 6.07) is 76.1. The molecule has 256 valence electrons. The summed E-state index contributed by atoms with van der Waals surface area (Å²) >= 11 is 0. The fourth-order valence-corrected chi connectivity index (χ4v) is 10.4. The molecule has 0 fully saturated rings. The molecular formula is C54H34O. The highest BCUT2D eigenvalue weighted by Gasteiger charge is 2.51. The van der Waals surface area contributed by atoms with Crippen LogP contribution >= 0.6 is 0 Å². The summed E-state index contributed by atoms with van der Waals surface area (Å²) in [6.45, 7) is 0. The van der Waals surface area contributed by atoms with Crippen molar-refractivity contribution in [1.29, 1.82) is 0 Å². The van der Waals surface area contributed by atoms with Gasteiger partial charge in [-0.25, -0.2) is 0 Å². The van der Waals surface area contributed by atoms with E-state index < -0.39 is 10.8 Å². The summed E-state index contributed by atoms with van der Waals surface area (Å²) < 4.78 is 7.03. The Morgan fingerprint density at radius 3 is 1.47 bits per heavy atom. The van der Waals surface area contributed by atoms with Gasteiger partial charge in [-0.2, -0.15) is 0 Å². The molecule has 3 aliphatic rings. The third-order valence-corrected chi connectivity index (χ3v) is 12.6. The van der Waals surface area contributed by atoms with Crippen molar-refractivity contribution in [2.45, 2.75) is 10.8 Å². The van der Waals surface area contributed by atoms with Gasteiger partial charge < -0.3 is 4.74 Å². The molecule has 55 heavy (non-hydrogen) atoms. The minimum Gasteiger partial charge on any atom is -0.456 e. The fraction of sp³-hybridized carbons (Fsp3) is 0.0370. The van der Waals surface area contributed by atoms with Crippen LogP contribution in [0.2, 0.25) is 0 Å². The van der Waals surface area contributed by atoms with Gasteiger partial charge in [-0.1, -0.05) is 188 Å². The van der Waals surface area contributed by atoms with Crippen LogP contribution in [-0.4, -0.2) is 0 Å². The smallest absolute Gasteiger partial charge is 0.140 e. The van der Waals surface area contributed by atoms with Crippen molar-refractivity contribution in [3.8, 4) is 44.9 Å². The van der Waals surface area contributed by atoms with E-state index in [0.717, 1.165) is 22.6 Å². The molecule has 1 unspecified atom stereocenters. The Balaban J connectivity index is 1.09. The first kappa shape index (κ1) is 30.5.